The normalized spacial score (nSPS) is 15.4. The number of nitrogens with one attached hydrogen (secondary N) is 1. The zero-order chi connectivity index (χ0) is 16.7. The molecule has 5 nitrogen and oxygen atoms in total. The molecule has 3 N–H and O–H groups in total. The van der Waals surface area contributed by atoms with Crippen LogP contribution >= 0.6 is 23.4 Å². The number of piperidine rings is 1. The number of benzene rings is 1. The lowest BCUT2D eigenvalue weighted by Gasteiger charge is -2.32. The third-order valence-corrected chi connectivity index (χ3v) is 5.16. The Balaban J connectivity index is 1.62. The van der Waals surface area contributed by atoms with Gasteiger partial charge in [0.25, 0.3) is 0 Å². The van der Waals surface area contributed by atoms with Crippen molar-refractivity contribution in [2.24, 2.45) is 5.73 Å². The molecule has 1 aromatic rings. The highest BCUT2D eigenvalue weighted by Gasteiger charge is 2.22. The first-order chi connectivity index (χ1) is 11.0. The molecule has 126 valence electrons. The zero-order valence-electron chi connectivity index (χ0n) is 13.0. The van der Waals surface area contributed by atoms with Crippen molar-refractivity contribution in [1.82, 2.24) is 10.2 Å². The first-order valence-corrected chi connectivity index (χ1v) is 9.13. The smallest absolute Gasteiger partial charge is 0.312 e. The van der Waals surface area contributed by atoms with Crippen LogP contribution < -0.4 is 11.1 Å². The van der Waals surface area contributed by atoms with E-state index in [1.807, 2.05) is 29.2 Å². The Morgan fingerprint density at radius 3 is 2.52 bits per heavy atom. The highest BCUT2D eigenvalue weighted by molar-refractivity contribution is 7.99. The Hall–Kier alpha value is -1.40. The fourth-order valence-electron chi connectivity index (χ4n) is 2.58. The third kappa shape index (κ3) is 6.31. The topological polar surface area (TPSA) is 75.4 Å². The van der Waals surface area contributed by atoms with Gasteiger partial charge in [-0.3, -0.25) is 4.79 Å². The van der Waals surface area contributed by atoms with Crippen LogP contribution in [0.5, 0.6) is 0 Å². The van der Waals surface area contributed by atoms with E-state index in [4.69, 9.17) is 17.3 Å². The van der Waals surface area contributed by atoms with E-state index in [1.54, 1.807) is 11.8 Å². The van der Waals surface area contributed by atoms with Crippen molar-refractivity contribution in [3.05, 3.63) is 29.3 Å². The molecule has 0 radical (unpaired) electrons. The molecule has 3 amide bonds. The van der Waals surface area contributed by atoms with Gasteiger partial charge < -0.3 is 16.0 Å². The number of likely N-dealkylation sites (tertiary alicyclic amines) is 1. The molecule has 0 atom stereocenters. The molecule has 23 heavy (non-hydrogen) atoms. The molecule has 2 rings (SSSR count). The van der Waals surface area contributed by atoms with Gasteiger partial charge in [0.2, 0.25) is 5.91 Å². The van der Waals surface area contributed by atoms with Gasteiger partial charge in [-0.2, -0.15) is 0 Å². The van der Waals surface area contributed by atoms with Crippen molar-refractivity contribution in [2.75, 3.05) is 18.8 Å². The van der Waals surface area contributed by atoms with Gasteiger partial charge in [-0.15, -0.1) is 11.8 Å². The maximum atomic E-state index is 12.2. The number of nitrogens with zero attached hydrogens (tertiary/aromatic N) is 1. The number of urea groups is 1. The molecule has 0 saturated carbocycles. The minimum atomic E-state index is -0.492. The molecule has 1 aromatic carbocycles. The summed E-state index contributed by atoms with van der Waals surface area (Å²) in [5, 5.41) is 3.44. The van der Waals surface area contributed by atoms with Crippen LogP contribution in [0.25, 0.3) is 0 Å². The van der Waals surface area contributed by atoms with Crippen LogP contribution in [-0.2, 0) is 4.79 Å². The van der Waals surface area contributed by atoms with Gasteiger partial charge in [0.1, 0.15) is 0 Å². The number of thioether (sulfide) groups is 1. The average Bonchev–Trinajstić information content (AvgIpc) is 2.53. The summed E-state index contributed by atoms with van der Waals surface area (Å²) in [4.78, 5) is 26.0. The molecule has 0 unspecified atom stereocenters. The Morgan fingerprint density at radius 1 is 1.26 bits per heavy atom. The molecule has 1 fully saturated rings. The van der Waals surface area contributed by atoms with E-state index in [9.17, 15) is 9.59 Å². The van der Waals surface area contributed by atoms with Crippen LogP contribution in [0.1, 0.15) is 25.7 Å². The lowest BCUT2D eigenvalue weighted by Crippen LogP contribution is -2.47. The molecular weight excluding hydrogens is 334 g/mol. The summed E-state index contributed by atoms with van der Waals surface area (Å²) < 4.78 is 0. The first-order valence-electron chi connectivity index (χ1n) is 7.76. The molecule has 0 spiro atoms. The average molecular weight is 356 g/mol. The van der Waals surface area contributed by atoms with Crippen molar-refractivity contribution in [2.45, 2.75) is 36.6 Å². The van der Waals surface area contributed by atoms with Crippen LogP contribution in [0.3, 0.4) is 0 Å². The predicted molar refractivity (Wildman–Crippen MR) is 93.7 cm³/mol. The third-order valence-electron chi connectivity index (χ3n) is 3.81. The lowest BCUT2D eigenvalue weighted by atomic mass is 10.0. The molecule has 0 aliphatic carbocycles. The maximum Gasteiger partial charge on any atom is 0.312 e. The molecule has 1 aliphatic rings. The van der Waals surface area contributed by atoms with Gasteiger partial charge >= 0.3 is 6.03 Å². The fourth-order valence-corrected chi connectivity index (χ4v) is 3.56. The number of carbonyl (C=O) groups excluding carboxylic acids is 2. The van der Waals surface area contributed by atoms with Crippen molar-refractivity contribution >= 4 is 35.3 Å². The van der Waals surface area contributed by atoms with E-state index in [0.29, 0.717) is 19.5 Å². The zero-order valence-corrected chi connectivity index (χ0v) is 14.5. The summed E-state index contributed by atoms with van der Waals surface area (Å²) in [7, 11) is 0. The van der Waals surface area contributed by atoms with Gasteiger partial charge in [0, 0.05) is 35.5 Å². The summed E-state index contributed by atoms with van der Waals surface area (Å²) in [6.45, 7) is 1.38. The second kappa shape index (κ2) is 9.03. The highest BCUT2D eigenvalue weighted by Crippen LogP contribution is 2.21. The quantitative estimate of drug-likeness (QED) is 0.608. The minimum Gasteiger partial charge on any atom is -0.352 e. The molecule has 1 saturated heterocycles. The van der Waals surface area contributed by atoms with E-state index in [2.05, 4.69) is 5.32 Å². The summed E-state index contributed by atoms with van der Waals surface area (Å²) >= 11 is 7.58. The first kappa shape index (κ1) is 17.9. The second-order valence-corrected chi connectivity index (χ2v) is 7.17. The molecule has 0 bridgehead atoms. The van der Waals surface area contributed by atoms with Crippen LogP contribution in [-0.4, -0.2) is 41.7 Å². The summed E-state index contributed by atoms with van der Waals surface area (Å²) in [5.74, 6) is 1.10. The Bertz CT molecular complexity index is 531. The monoisotopic (exact) mass is 355 g/mol. The van der Waals surface area contributed by atoms with Crippen molar-refractivity contribution in [1.29, 1.82) is 0 Å². The largest absolute Gasteiger partial charge is 0.352 e. The van der Waals surface area contributed by atoms with E-state index < -0.39 is 6.03 Å². The van der Waals surface area contributed by atoms with E-state index >= 15 is 0 Å². The fraction of sp³-hybridized carbons (Fsp3) is 0.500. The van der Waals surface area contributed by atoms with Gasteiger partial charge in [0.05, 0.1) is 0 Å². The number of halogens is 1. The molecule has 1 aliphatic heterocycles. The Labute approximate surface area is 145 Å². The van der Waals surface area contributed by atoms with Gasteiger partial charge in [0.15, 0.2) is 0 Å². The Kier molecular flexibility index (Phi) is 7.05. The van der Waals surface area contributed by atoms with Gasteiger partial charge in [-0.25, -0.2) is 4.79 Å². The Morgan fingerprint density at radius 2 is 1.91 bits per heavy atom. The van der Waals surface area contributed by atoms with E-state index in [-0.39, 0.29) is 11.9 Å². The van der Waals surface area contributed by atoms with Crippen molar-refractivity contribution < 1.29 is 9.59 Å². The number of amides is 3. The molecular formula is C16H22ClN3O2S. The van der Waals surface area contributed by atoms with Gasteiger partial charge in [-0.05, 0) is 49.3 Å². The van der Waals surface area contributed by atoms with Crippen LogP contribution in [0, 0.1) is 0 Å². The number of hydrogen-bond acceptors (Lipinski definition) is 3. The number of hydrogen-bond donors (Lipinski definition) is 2. The van der Waals surface area contributed by atoms with E-state index in [1.165, 1.54) is 4.90 Å². The van der Waals surface area contributed by atoms with Crippen LogP contribution in [0.2, 0.25) is 5.02 Å². The summed E-state index contributed by atoms with van der Waals surface area (Å²) in [5.41, 5.74) is 5.11. The number of rotatable bonds is 6. The van der Waals surface area contributed by atoms with Gasteiger partial charge in [-0.1, -0.05) is 11.6 Å². The summed E-state index contributed by atoms with van der Waals surface area (Å²) in [6, 6.07) is 7.33. The summed E-state index contributed by atoms with van der Waals surface area (Å²) in [6.07, 6.45) is 2.96. The van der Waals surface area contributed by atoms with Crippen LogP contribution in [0.4, 0.5) is 4.79 Å². The number of carbonyl (C=O) groups is 2. The van der Waals surface area contributed by atoms with Crippen molar-refractivity contribution in [3.8, 4) is 0 Å². The SMILES string of the molecule is NC(=O)NC1CCN(C(=O)CCCSc2ccc(Cl)cc2)CC1. The highest BCUT2D eigenvalue weighted by atomic mass is 35.5. The standard InChI is InChI=1S/C16H22ClN3O2S/c17-12-3-5-14(6-4-12)23-11-1-2-15(21)20-9-7-13(8-10-20)19-16(18)22/h3-6,13H,1-2,7-11H2,(H3,18,19,22). The van der Waals surface area contributed by atoms with Crippen molar-refractivity contribution in [3.63, 3.8) is 0 Å². The van der Waals surface area contributed by atoms with E-state index in [0.717, 1.165) is 30.0 Å². The second-order valence-electron chi connectivity index (χ2n) is 5.57. The van der Waals surface area contributed by atoms with Crippen LogP contribution in [0.15, 0.2) is 29.2 Å². The maximum absolute atomic E-state index is 12.2. The molecule has 1 heterocycles. The predicted octanol–water partition coefficient (Wildman–Crippen LogP) is 2.87. The number of nitrogens with two attached hydrogens (primary N) is 1. The minimum absolute atomic E-state index is 0.0945. The number of primary amides is 1. The molecule has 7 heteroatoms. The molecule has 0 aromatic heterocycles. The lowest BCUT2D eigenvalue weighted by molar-refractivity contribution is -0.132.